The van der Waals surface area contributed by atoms with Gasteiger partial charge >= 0.3 is 0 Å². The fourth-order valence-electron chi connectivity index (χ4n) is 6.00. The van der Waals surface area contributed by atoms with Gasteiger partial charge in [-0.3, -0.25) is 10.2 Å². The molecule has 6 rings (SSSR count). The molecule has 52 heavy (non-hydrogen) atoms. The monoisotopic (exact) mass is 737 g/mol. The highest BCUT2D eigenvalue weighted by Gasteiger charge is 2.53. The predicted octanol–water partition coefficient (Wildman–Crippen LogP) is 6.75. The summed E-state index contributed by atoms with van der Waals surface area (Å²) in [5.41, 5.74) is 8.48. The molecule has 0 saturated heterocycles. The van der Waals surface area contributed by atoms with Crippen LogP contribution >= 0.6 is 11.6 Å². The number of amides is 1. The average molecular weight is 738 g/mol. The van der Waals surface area contributed by atoms with Gasteiger partial charge in [0, 0.05) is 36.6 Å². The highest BCUT2D eigenvalue weighted by Crippen LogP contribution is 2.43. The van der Waals surface area contributed by atoms with Crippen molar-refractivity contribution < 1.29 is 27.8 Å². The number of rotatable bonds is 16. The number of aliphatic imine (C=N–C) groups is 1. The van der Waals surface area contributed by atoms with Gasteiger partial charge in [0.25, 0.3) is 5.91 Å². The van der Waals surface area contributed by atoms with E-state index in [9.17, 15) is 13.2 Å². The number of hydrazine groups is 1. The quantitative estimate of drug-likeness (QED) is 0.0756. The molecule has 5 aromatic carbocycles. The summed E-state index contributed by atoms with van der Waals surface area (Å²) in [5, 5.41) is 9.75. The van der Waals surface area contributed by atoms with Crippen molar-refractivity contribution in [3.8, 4) is 16.9 Å². The summed E-state index contributed by atoms with van der Waals surface area (Å²) >= 11 is 6.04. The normalized spacial score (nSPS) is 16.9. The highest BCUT2D eigenvalue weighted by molar-refractivity contribution is 7.91. The van der Waals surface area contributed by atoms with Gasteiger partial charge in [0.05, 0.1) is 17.3 Å². The fraction of sp³-hybridized carbons (Fsp3) is 0.220. The zero-order chi connectivity index (χ0) is 36.4. The first-order valence-corrected chi connectivity index (χ1v) is 19.1. The fourth-order valence-corrected chi connectivity index (χ4v) is 7.51. The van der Waals surface area contributed by atoms with Gasteiger partial charge in [-0.05, 0) is 77.2 Å². The van der Waals surface area contributed by atoms with Crippen LogP contribution in [-0.2, 0) is 25.8 Å². The van der Waals surface area contributed by atoms with Gasteiger partial charge in [0.1, 0.15) is 5.75 Å². The van der Waals surface area contributed by atoms with E-state index in [1.807, 2.05) is 78.9 Å². The van der Waals surface area contributed by atoms with Gasteiger partial charge in [-0.1, -0.05) is 96.5 Å². The molecule has 9 nitrogen and oxygen atoms in total. The second-order valence-electron chi connectivity index (χ2n) is 12.4. The Bertz CT molecular complexity index is 2060. The maximum absolute atomic E-state index is 14.5. The van der Waals surface area contributed by atoms with Crippen LogP contribution in [0.1, 0.15) is 35.6 Å². The minimum atomic E-state index is -3.80. The van der Waals surface area contributed by atoms with Crippen LogP contribution in [0.15, 0.2) is 143 Å². The first-order valence-electron chi connectivity index (χ1n) is 17.1. The molecule has 11 heteroatoms. The lowest BCUT2D eigenvalue weighted by Gasteiger charge is -2.30. The molecular formula is C41H40ClN3O6S. The van der Waals surface area contributed by atoms with Crippen molar-refractivity contribution in [2.75, 3.05) is 25.5 Å². The second-order valence-corrected chi connectivity index (χ2v) is 15.0. The van der Waals surface area contributed by atoms with Gasteiger partial charge < -0.3 is 14.6 Å². The van der Waals surface area contributed by atoms with Crippen LogP contribution in [0, 0.1) is 0 Å². The third-order valence-corrected chi connectivity index (χ3v) is 10.8. The second kappa shape index (κ2) is 17.0. The molecule has 0 saturated carbocycles. The van der Waals surface area contributed by atoms with Gasteiger partial charge in [0.15, 0.2) is 21.5 Å². The van der Waals surface area contributed by atoms with Crippen LogP contribution < -0.4 is 15.6 Å². The van der Waals surface area contributed by atoms with E-state index in [1.165, 1.54) is 0 Å². The van der Waals surface area contributed by atoms with Crippen molar-refractivity contribution in [2.45, 2.75) is 35.8 Å². The van der Waals surface area contributed by atoms with E-state index < -0.39 is 27.4 Å². The van der Waals surface area contributed by atoms with Crippen LogP contribution in [0.5, 0.6) is 5.75 Å². The standard InChI is InChI=1S/C41H40ClN3O6S/c42-35-20-12-30(13-21-35)24-26-43-45-40(47)41(25-29-52(48,49)37-10-5-2-6-11-37)38(33-16-14-32(15-17-33)31-8-3-1-4-9-31)51-39(44-41)34-18-22-36(23-19-34)50-28-7-27-46/h1-6,8-23,38,43,46H,7,24-29H2,(H,45,47)/t38-,41-/m0/s1. The highest BCUT2D eigenvalue weighted by atomic mass is 35.5. The number of carbonyl (C=O) groups is 1. The average Bonchev–Trinajstić information content (AvgIpc) is 3.58. The Hall–Kier alpha value is -5.00. The molecule has 1 aliphatic heterocycles. The third-order valence-electron chi connectivity index (χ3n) is 8.86. The Morgan fingerprint density at radius 2 is 1.46 bits per heavy atom. The van der Waals surface area contributed by atoms with E-state index in [-0.39, 0.29) is 29.6 Å². The molecule has 0 spiro atoms. The summed E-state index contributed by atoms with van der Waals surface area (Å²) < 4.78 is 39.6. The Morgan fingerprint density at radius 1 is 0.827 bits per heavy atom. The van der Waals surface area contributed by atoms with E-state index in [0.29, 0.717) is 47.9 Å². The Balaban J connectivity index is 1.35. The van der Waals surface area contributed by atoms with Crippen molar-refractivity contribution in [3.05, 3.63) is 155 Å². The summed E-state index contributed by atoms with van der Waals surface area (Å²) in [6.45, 7) is 0.784. The van der Waals surface area contributed by atoms with Crippen molar-refractivity contribution in [2.24, 2.45) is 4.99 Å². The van der Waals surface area contributed by atoms with Crippen LogP contribution in [0.3, 0.4) is 0 Å². The molecule has 0 aliphatic carbocycles. The number of nitrogens with one attached hydrogen (secondary N) is 2. The third kappa shape index (κ3) is 8.89. The van der Waals surface area contributed by atoms with Crippen LogP contribution in [0.4, 0.5) is 0 Å². The van der Waals surface area contributed by atoms with Crippen molar-refractivity contribution in [1.82, 2.24) is 10.9 Å². The van der Waals surface area contributed by atoms with Crippen LogP contribution in [0.25, 0.3) is 11.1 Å². The zero-order valence-electron chi connectivity index (χ0n) is 28.5. The predicted molar refractivity (Wildman–Crippen MR) is 203 cm³/mol. The molecule has 268 valence electrons. The first-order chi connectivity index (χ1) is 25.3. The number of sulfone groups is 1. The molecule has 1 aliphatic rings. The van der Waals surface area contributed by atoms with Crippen molar-refractivity contribution in [1.29, 1.82) is 0 Å². The summed E-state index contributed by atoms with van der Waals surface area (Å²) in [7, 11) is -3.80. The zero-order valence-corrected chi connectivity index (χ0v) is 30.0. The van der Waals surface area contributed by atoms with Crippen LogP contribution in [-0.4, -0.2) is 56.4 Å². The van der Waals surface area contributed by atoms with Gasteiger partial charge in [-0.2, -0.15) is 0 Å². The minimum absolute atomic E-state index is 0.0244. The van der Waals surface area contributed by atoms with E-state index in [1.54, 1.807) is 54.6 Å². The van der Waals surface area contributed by atoms with E-state index in [4.69, 9.17) is 31.2 Å². The van der Waals surface area contributed by atoms with E-state index in [2.05, 4.69) is 10.9 Å². The molecule has 0 unspecified atom stereocenters. The molecule has 5 aromatic rings. The number of carbonyl (C=O) groups excluding carboxylic acids is 1. The molecule has 0 bridgehead atoms. The number of hydrogen-bond donors (Lipinski definition) is 3. The number of nitrogens with zero attached hydrogens (tertiary/aromatic N) is 1. The van der Waals surface area contributed by atoms with E-state index >= 15 is 0 Å². The lowest BCUT2D eigenvalue weighted by molar-refractivity contribution is -0.130. The molecule has 1 heterocycles. The van der Waals surface area contributed by atoms with Gasteiger partial charge in [0.2, 0.25) is 5.90 Å². The largest absolute Gasteiger partial charge is 0.494 e. The topological polar surface area (TPSA) is 126 Å². The molecule has 1 amide bonds. The Morgan fingerprint density at radius 3 is 2.13 bits per heavy atom. The molecule has 0 fully saturated rings. The van der Waals surface area contributed by atoms with E-state index in [0.717, 1.165) is 16.7 Å². The maximum atomic E-state index is 14.5. The minimum Gasteiger partial charge on any atom is -0.494 e. The van der Waals surface area contributed by atoms with Crippen molar-refractivity contribution >= 4 is 33.2 Å². The Kier molecular flexibility index (Phi) is 12.0. The SMILES string of the molecule is O=C(NNCCc1ccc(Cl)cc1)[C@@]1(CCS(=O)(=O)c2ccccc2)N=C(c2ccc(OCCCO)cc2)O[C@H]1c1ccc(-c2ccccc2)cc1. The smallest absolute Gasteiger partial charge is 0.266 e. The summed E-state index contributed by atoms with van der Waals surface area (Å²) in [4.78, 5) is 19.6. The number of aliphatic hydroxyl groups is 1. The number of hydrogen-bond acceptors (Lipinski definition) is 8. The molecule has 2 atom stereocenters. The van der Waals surface area contributed by atoms with Gasteiger partial charge in [-0.25, -0.2) is 18.8 Å². The number of aliphatic hydroxyl groups excluding tert-OH is 1. The summed E-state index contributed by atoms with van der Waals surface area (Å²) in [6.07, 6.45) is -0.0164. The number of ether oxygens (including phenoxy) is 2. The summed E-state index contributed by atoms with van der Waals surface area (Å²) in [6, 6.07) is 40.4. The maximum Gasteiger partial charge on any atom is 0.266 e. The molecule has 0 radical (unpaired) electrons. The number of benzene rings is 5. The van der Waals surface area contributed by atoms with Gasteiger partial charge in [-0.15, -0.1) is 0 Å². The van der Waals surface area contributed by atoms with Crippen molar-refractivity contribution in [3.63, 3.8) is 0 Å². The molecule has 3 N–H and O–H groups in total. The summed E-state index contributed by atoms with van der Waals surface area (Å²) in [5.74, 6) is -0.0758. The lowest BCUT2D eigenvalue weighted by atomic mass is 9.84. The molecular weight excluding hydrogens is 698 g/mol. The molecule has 0 aromatic heterocycles. The van der Waals surface area contributed by atoms with Crippen LogP contribution in [0.2, 0.25) is 5.02 Å². The number of halogens is 1. The Labute approximate surface area is 309 Å². The first kappa shape index (κ1) is 36.8. The lowest BCUT2D eigenvalue weighted by Crippen LogP contribution is -2.53.